The Morgan fingerprint density at radius 3 is 2.20 bits per heavy atom. The fraction of sp³-hybridized carbons (Fsp3) is 0.833. The molecule has 0 amide bonds. The molecule has 0 aromatic carbocycles. The lowest BCUT2D eigenvalue weighted by Gasteiger charge is -2.20. The number of carbonyl (C=O) groups is 1. The van der Waals surface area contributed by atoms with E-state index in [1.54, 1.807) is 0 Å². The van der Waals surface area contributed by atoms with Gasteiger partial charge in [-0.15, -0.1) is 0 Å². The van der Waals surface area contributed by atoms with Crippen molar-refractivity contribution in [1.29, 1.82) is 0 Å². The van der Waals surface area contributed by atoms with Crippen LogP contribution in [0.4, 0.5) is 4.39 Å². The Balaban J connectivity index is 4.22. The van der Waals surface area contributed by atoms with E-state index in [4.69, 9.17) is 10.8 Å². The molecule has 0 aliphatic carbocycles. The van der Waals surface area contributed by atoms with Gasteiger partial charge in [0.2, 0.25) is 0 Å². The number of nitrogens with two attached hydrogens (primary N) is 1. The average Bonchev–Trinajstić information content (AvgIpc) is 1.60. The van der Waals surface area contributed by atoms with E-state index in [1.165, 1.54) is 13.8 Å². The monoisotopic (exact) mass is 149 g/mol. The summed E-state index contributed by atoms with van der Waals surface area (Å²) in [7, 11) is 0. The van der Waals surface area contributed by atoms with Crippen molar-refractivity contribution in [3.05, 3.63) is 0 Å². The van der Waals surface area contributed by atoms with Crippen LogP contribution < -0.4 is 5.73 Å². The van der Waals surface area contributed by atoms with Crippen LogP contribution in [0.2, 0.25) is 0 Å². The lowest BCUT2D eigenvalue weighted by Crippen LogP contribution is -2.38. The Labute approximate surface area is 59.0 Å². The second-order valence-corrected chi connectivity index (χ2v) is 2.69. The largest absolute Gasteiger partial charge is 0.481 e. The first kappa shape index (κ1) is 9.36. The predicted molar refractivity (Wildman–Crippen MR) is 35.4 cm³/mol. The van der Waals surface area contributed by atoms with Gasteiger partial charge in [0, 0.05) is 6.54 Å². The molecule has 10 heavy (non-hydrogen) atoms. The topological polar surface area (TPSA) is 63.3 Å². The zero-order valence-corrected chi connectivity index (χ0v) is 6.10. The normalized spacial score (nSPS) is 14.8. The summed E-state index contributed by atoms with van der Waals surface area (Å²) in [5, 5.41) is 8.39. The van der Waals surface area contributed by atoms with Crippen LogP contribution in [0.15, 0.2) is 0 Å². The Bertz CT molecular complexity index is 130. The highest BCUT2D eigenvalue weighted by molar-refractivity contribution is 5.71. The van der Waals surface area contributed by atoms with Crippen LogP contribution in [-0.4, -0.2) is 23.3 Å². The van der Waals surface area contributed by atoms with E-state index < -0.39 is 17.6 Å². The highest BCUT2D eigenvalue weighted by atomic mass is 19.1. The van der Waals surface area contributed by atoms with Crippen molar-refractivity contribution < 1.29 is 14.3 Å². The minimum absolute atomic E-state index is 0.168. The van der Waals surface area contributed by atoms with Crippen molar-refractivity contribution in [2.75, 3.05) is 6.54 Å². The van der Waals surface area contributed by atoms with Gasteiger partial charge in [-0.2, -0.15) is 0 Å². The van der Waals surface area contributed by atoms with E-state index in [0.29, 0.717) is 0 Å². The standard InChI is InChI=1S/C6H12FNO2/c1-6(2,7)4(3-8)5(9)10/h4H,3,8H2,1-2H3,(H,9,10). The third-order valence-corrected chi connectivity index (χ3v) is 1.36. The number of halogens is 1. The fourth-order valence-corrected chi connectivity index (χ4v) is 0.675. The maximum atomic E-state index is 12.8. The molecular weight excluding hydrogens is 137 g/mol. The summed E-state index contributed by atoms with van der Waals surface area (Å²) >= 11 is 0. The van der Waals surface area contributed by atoms with Crippen LogP contribution in [0, 0.1) is 5.92 Å². The lowest BCUT2D eigenvalue weighted by atomic mass is 9.93. The van der Waals surface area contributed by atoms with Crippen molar-refractivity contribution >= 4 is 5.97 Å². The number of carboxylic acids is 1. The van der Waals surface area contributed by atoms with Crippen LogP contribution in [-0.2, 0) is 4.79 Å². The summed E-state index contributed by atoms with van der Waals surface area (Å²) in [6.45, 7) is 2.25. The van der Waals surface area contributed by atoms with Crippen LogP contribution in [0.1, 0.15) is 13.8 Å². The van der Waals surface area contributed by atoms with Gasteiger partial charge in [0.05, 0.1) is 0 Å². The molecule has 1 unspecified atom stereocenters. The Morgan fingerprint density at radius 1 is 1.80 bits per heavy atom. The van der Waals surface area contributed by atoms with Crippen LogP contribution in [0.25, 0.3) is 0 Å². The molecule has 0 rings (SSSR count). The van der Waals surface area contributed by atoms with E-state index in [1.807, 2.05) is 0 Å². The van der Waals surface area contributed by atoms with Crippen LogP contribution in [0.5, 0.6) is 0 Å². The molecule has 0 aliphatic rings. The third-order valence-electron chi connectivity index (χ3n) is 1.36. The summed E-state index contributed by atoms with van der Waals surface area (Å²) in [6, 6.07) is 0. The molecule has 0 aliphatic heterocycles. The van der Waals surface area contributed by atoms with E-state index in [9.17, 15) is 9.18 Å². The Morgan fingerprint density at radius 2 is 2.20 bits per heavy atom. The number of carboxylic acid groups (broad SMARTS) is 1. The summed E-state index contributed by atoms with van der Waals surface area (Å²) < 4.78 is 12.8. The Hall–Kier alpha value is -0.640. The molecule has 0 heterocycles. The summed E-state index contributed by atoms with van der Waals surface area (Å²) in [5.41, 5.74) is 3.30. The van der Waals surface area contributed by atoms with Crippen LogP contribution >= 0.6 is 0 Å². The van der Waals surface area contributed by atoms with Crippen molar-refractivity contribution in [1.82, 2.24) is 0 Å². The van der Waals surface area contributed by atoms with Gasteiger partial charge in [-0.1, -0.05) is 0 Å². The van der Waals surface area contributed by atoms with Gasteiger partial charge in [0.15, 0.2) is 0 Å². The molecule has 4 heteroatoms. The molecule has 0 fully saturated rings. The zero-order chi connectivity index (χ0) is 8.36. The van der Waals surface area contributed by atoms with Crippen LogP contribution in [0.3, 0.4) is 0 Å². The third kappa shape index (κ3) is 2.31. The molecule has 0 saturated heterocycles. The minimum atomic E-state index is -1.74. The van der Waals surface area contributed by atoms with Gasteiger partial charge < -0.3 is 10.8 Å². The first-order valence-electron chi connectivity index (χ1n) is 3.01. The van der Waals surface area contributed by atoms with Gasteiger partial charge in [-0.05, 0) is 13.8 Å². The number of hydrogen-bond donors (Lipinski definition) is 2. The van der Waals surface area contributed by atoms with Gasteiger partial charge >= 0.3 is 5.97 Å². The van der Waals surface area contributed by atoms with Gasteiger partial charge in [-0.3, -0.25) is 4.79 Å². The summed E-state index contributed by atoms with van der Waals surface area (Å²) in [6.07, 6.45) is 0. The highest BCUT2D eigenvalue weighted by Gasteiger charge is 2.33. The first-order chi connectivity index (χ1) is 4.39. The molecule has 0 bridgehead atoms. The maximum absolute atomic E-state index is 12.8. The second-order valence-electron chi connectivity index (χ2n) is 2.69. The molecule has 3 nitrogen and oxygen atoms in total. The van der Waals surface area contributed by atoms with E-state index in [-0.39, 0.29) is 6.54 Å². The molecule has 0 radical (unpaired) electrons. The highest BCUT2D eigenvalue weighted by Crippen LogP contribution is 2.20. The minimum Gasteiger partial charge on any atom is -0.481 e. The summed E-state index contributed by atoms with van der Waals surface area (Å²) in [4.78, 5) is 10.3. The predicted octanol–water partition coefficient (Wildman–Crippen LogP) is 0.394. The molecule has 0 spiro atoms. The van der Waals surface area contributed by atoms with Crippen molar-refractivity contribution in [2.24, 2.45) is 11.7 Å². The molecule has 3 N–H and O–H groups in total. The fourth-order valence-electron chi connectivity index (χ4n) is 0.675. The molecule has 1 atom stereocenters. The van der Waals surface area contributed by atoms with E-state index >= 15 is 0 Å². The van der Waals surface area contributed by atoms with Gasteiger partial charge in [0.25, 0.3) is 0 Å². The quantitative estimate of drug-likeness (QED) is 0.610. The smallest absolute Gasteiger partial charge is 0.311 e. The molecular formula is C6H12FNO2. The summed E-state index contributed by atoms with van der Waals surface area (Å²) in [5.74, 6) is -2.29. The lowest BCUT2D eigenvalue weighted by molar-refractivity contribution is -0.145. The molecule has 0 aromatic rings. The average molecular weight is 149 g/mol. The van der Waals surface area contributed by atoms with Crippen molar-refractivity contribution in [2.45, 2.75) is 19.5 Å². The van der Waals surface area contributed by atoms with Crippen molar-refractivity contribution in [3.63, 3.8) is 0 Å². The van der Waals surface area contributed by atoms with E-state index in [2.05, 4.69) is 0 Å². The maximum Gasteiger partial charge on any atom is 0.311 e. The van der Waals surface area contributed by atoms with Gasteiger partial charge in [-0.25, -0.2) is 4.39 Å². The number of rotatable bonds is 3. The zero-order valence-electron chi connectivity index (χ0n) is 6.10. The second kappa shape index (κ2) is 2.96. The number of hydrogen-bond acceptors (Lipinski definition) is 2. The first-order valence-corrected chi connectivity index (χ1v) is 3.01. The van der Waals surface area contributed by atoms with Gasteiger partial charge in [0.1, 0.15) is 11.6 Å². The Kier molecular flexibility index (Phi) is 2.77. The number of aliphatic carboxylic acids is 1. The molecule has 60 valence electrons. The number of alkyl halides is 1. The SMILES string of the molecule is CC(C)(F)C(CN)C(=O)O. The van der Waals surface area contributed by atoms with Crippen molar-refractivity contribution in [3.8, 4) is 0 Å². The van der Waals surface area contributed by atoms with E-state index in [0.717, 1.165) is 0 Å². The molecule has 0 saturated carbocycles. The molecule has 0 aromatic heterocycles.